The van der Waals surface area contributed by atoms with Crippen LogP contribution in [0.3, 0.4) is 0 Å². The summed E-state index contributed by atoms with van der Waals surface area (Å²) < 4.78 is 9.96. The van der Waals surface area contributed by atoms with Crippen molar-refractivity contribution in [3.63, 3.8) is 0 Å². The first-order valence-electron chi connectivity index (χ1n) is 4.98. The van der Waals surface area contributed by atoms with E-state index in [1.807, 2.05) is 0 Å². The summed E-state index contributed by atoms with van der Waals surface area (Å²) in [6, 6.07) is 0. The van der Waals surface area contributed by atoms with E-state index in [-0.39, 0.29) is 0 Å². The van der Waals surface area contributed by atoms with Gasteiger partial charge in [0.2, 0.25) is 0 Å². The molecule has 0 aromatic heterocycles. The lowest BCUT2D eigenvalue weighted by molar-refractivity contribution is 0.153. The minimum absolute atomic E-state index is 0.524. The second-order valence-electron chi connectivity index (χ2n) is 3.00. The van der Waals surface area contributed by atoms with E-state index in [2.05, 4.69) is 10.3 Å². The Morgan fingerprint density at radius 2 is 2.19 bits per heavy atom. The number of hydrogen-bond acceptors (Lipinski definition) is 4. The molecule has 2 aliphatic heterocycles. The minimum atomic E-state index is 0.524. The van der Waals surface area contributed by atoms with E-state index in [1.165, 1.54) is 0 Å². The molecule has 0 aromatic carbocycles. The highest BCUT2D eigenvalue weighted by Crippen LogP contribution is 1.89. The molecule has 1 saturated heterocycles. The second-order valence-corrected chi connectivity index (χ2v) is 3.91. The number of nitrogens with one attached hydrogen (secondary N) is 1. The zero-order valence-corrected chi connectivity index (χ0v) is 10.5. The van der Waals surface area contributed by atoms with Gasteiger partial charge in [-0.25, -0.2) is 4.99 Å². The quantitative estimate of drug-likeness (QED) is 0.662. The van der Waals surface area contributed by atoms with E-state index in [0.29, 0.717) is 11.6 Å². The number of rotatable bonds is 0. The van der Waals surface area contributed by atoms with Crippen molar-refractivity contribution in [2.24, 2.45) is 4.99 Å². The topological polar surface area (TPSA) is 42.9 Å². The van der Waals surface area contributed by atoms with E-state index in [4.69, 9.17) is 33.9 Å². The molecule has 2 aliphatic rings. The number of nitrogens with zero attached hydrogens (tertiary/aromatic N) is 1. The van der Waals surface area contributed by atoms with Crippen molar-refractivity contribution in [2.75, 3.05) is 26.4 Å². The van der Waals surface area contributed by atoms with Crippen molar-refractivity contribution >= 4 is 40.6 Å². The summed E-state index contributed by atoms with van der Waals surface area (Å²) in [7, 11) is 0. The van der Waals surface area contributed by atoms with Gasteiger partial charge >= 0.3 is 0 Å². The van der Waals surface area contributed by atoms with Crippen molar-refractivity contribution in [3.8, 4) is 0 Å². The average Bonchev–Trinajstić information content (AvgIpc) is 2.64. The third-order valence-electron chi connectivity index (χ3n) is 1.74. The van der Waals surface area contributed by atoms with Gasteiger partial charge in [-0.3, -0.25) is 0 Å². The summed E-state index contributed by atoms with van der Waals surface area (Å²) in [6.45, 7) is 2.97. The summed E-state index contributed by atoms with van der Waals surface area (Å²) in [4.78, 5) is 5.32. The molecule has 0 amide bonds. The van der Waals surface area contributed by atoms with Crippen molar-refractivity contribution in [1.29, 1.82) is 0 Å². The van der Waals surface area contributed by atoms with E-state index in [0.717, 1.165) is 31.2 Å². The molecule has 1 fully saturated rings. The Morgan fingerprint density at radius 1 is 1.31 bits per heavy atom. The molecule has 0 unspecified atom stereocenters. The molecule has 88 valence electrons. The SMILES string of the molecule is S=C1C=COCC=N1.S=C1CCOCCN1. The molecule has 0 radical (unpaired) electrons. The summed E-state index contributed by atoms with van der Waals surface area (Å²) in [5.41, 5.74) is 0. The zero-order valence-electron chi connectivity index (χ0n) is 8.85. The van der Waals surface area contributed by atoms with Gasteiger partial charge in [-0.05, 0) is 0 Å². The van der Waals surface area contributed by atoms with Crippen LogP contribution in [0.5, 0.6) is 0 Å². The van der Waals surface area contributed by atoms with Gasteiger partial charge in [0, 0.05) is 25.3 Å². The van der Waals surface area contributed by atoms with Crippen molar-refractivity contribution in [1.82, 2.24) is 5.32 Å². The fourth-order valence-corrected chi connectivity index (χ4v) is 1.31. The van der Waals surface area contributed by atoms with Crippen LogP contribution < -0.4 is 5.32 Å². The van der Waals surface area contributed by atoms with Gasteiger partial charge < -0.3 is 14.8 Å². The van der Waals surface area contributed by atoms with Crippen LogP contribution in [0.4, 0.5) is 0 Å². The van der Waals surface area contributed by atoms with Gasteiger partial charge in [0.1, 0.15) is 11.6 Å². The van der Waals surface area contributed by atoms with E-state index in [9.17, 15) is 0 Å². The summed E-state index contributed by atoms with van der Waals surface area (Å²) in [5, 5.41) is 3.05. The predicted molar refractivity (Wildman–Crippen MR) is 72.2 cm³/mol. The Morgan fingerprint density at radius 3 is 3.06 bits per heavy atom. The molecule has 16 heavy (non-hydrogen) atoms. The maximum absolute atomic E-state index is 5.11. The number of ether oxygens (including phenoxy) is 2. The van der Waals surface area contributed by atoms with Gasteiger partial charge in [0.25, 0.3) is 0 Å². The Labute approximate surface area is 106 Å². The molecule has 0 bridgehead atoms. The molecule has 2 heterocycles. The molecular weight excluding hydrogens is 244 g/mol. The van der Waals surface area contributed by atoms with Gasteiger partial charge in [0.15, 0.2) is 0 Å². The maximum Gasteiger partial charge on any atom is 0.128 e. The van der Waals surface area contributed by atoms with Crippen LogP contribution in [0.2, 0.25) is 0 Å². The molecule has 0 aromatic rings. The van der Waals surface area contributed by atoms with Crippen LogP contribution in [0.15, 0.2) is 17.3 Å². The van der Waals surface area contributed by atoms with Crippen LogP contribution in [-0.2, 0) is 9.47 Å². The predicted octanol–water partition coefficient (Wildman–Crippen LogP) is 1.25. The molecule has 0 saturated carbocycles. The van der Waals surface area contributed by atoms with Crippen LogP contribution in [-0.4, -0.2) is 42.6 Å². The van der Waals surface area contributed by atoms with Crippen molar-refractivity contribution in [2.45, 2.75) is 6.42 Å². The highest BCUT2D eigenvalue weighted by molar-refractivity contribution is 7.80. The molecule has 0 atom stereocenters. The second kappa shape index (κ2) is 8.32. The maximum atomic E-state index is 5.11. The molecule has 2 rings (SSSR count). The van der Waals surface area contributed by atoms with Crippen LogP contribution >= 0.6 is 24.4 Å². The Bertz CT molecular complexity index is 277. The fourth-order valence-electron chi connectivity index (χ4n) is 0.993. The van der Waals surface area contributed by atoms with Gasteiger partial charge in [0.05, 0.1) is 24.5 Å². The minimum Gasteiger partial charge on any atom is -0.495 e. The highest BCUT2D eigenvalue weighted by atomic mass is 32.1. The standard InChI is InChI=1S/C5H9NOS.C5H5NOS/c2*8-5-1-3-7-4-2-6-5/h1-4H2,(H,6,8);1-3H,4H2. The normalized spacial score (nSPS) is 19.8. The number of thiocarbonyl (C=S) groups is 2. The third kappa shape index (κ3) is 6.60. The third-order valence-corrected chi connectivity index (χ3v) is 2.33. The van der Waals surface area contributed by atoms with E-state index >= 15 is 0 Å². The monoisotopic (exact) mass is 258 g/mol. The highest BCUT2D eigenvalue weighted by Gasteiger charge is 1.99. The van der Waals surface area contributed by atoms with Crippen molar-refractivity contribution in [3.05, 3.63) is 12.3 Å². The smallest absolute Gasteiger partial charge is 0.128 e. The molecule has 4 nitrogen and oxygen atoms in total. The largest absolute Gasteiger partial charge is 0.495 e. The van der Waals surface area contributed by atoms with Gasteiger partial charge in [-0.15, -0.1) is 0 Å². The van der Waals surface area contributed by atoms with E-state index in [1.54, 1.807) is 18.6 Å². The molecule has 0 aliphatic carbocycles. The number of aliphatic imine (C=N–C) groups is 1. The molecule has 0 spiro atoms. The molecule has 1 N–H and O–H groups in total. The fraction of sp³-hybridized carbons (Fsp3) is 0.500. The Hall–Kier alpha value is -0.850. The number of hydrogen-bond donors (Lipinski definition) is 1. The van der Waals surface area contributed by atoms with Gasteiger partial charge in [-0.2, -0.15) is 0 Å². The first-order valence-corrected chi connectivity index (χ1v) is 5.80. The van der Waals surface area contributed by atoms with Crippen molar-refractivity contribution < 1.29 is 9.47 Å². The summed E-state index contributed by atoms with van der Waals surface area (Å²) >= 11 is 9.63. The van der Waals surface area contributed by atoms with Crippen LogP contribution in [0.1, 0.15) is 6.42 Å². The van der Waals surface area contributed by atoms with Crippen LogP contribution in [0, 0.1) is 0 Å². The van der Waals surface area contributed by atoms with E-state index < -0.39 is 0 Å². The zero-order chi connectivity index (χ0) is 11.6. The first kappa shape index (κ1) is 13.2. The first-order chi connectivity index (χ1) is 7.79. The lowest BCUT2D eigenvalue weighted by Crippen LogP contribution is -2.21. The summed E-state index contributed by atoms with van der Waals surface area (Å²) in [6.07, 6.45) is 5.73. The molecule has 6 heteroatoms. The Kier molecular flexibility index (Phi) is 6.87. The lowest BCUT2D eigenvalue weighted by Gasteiger charge is -1.96. The molecular formula is C10H14N2O2S2. The Balaban J connectivity index is 0.000000160. The summed E-state index contributed by atoms with van der Waals surface area (Å²) in [5.74, 6) is 0. The average molecular weight is 258 g/mol. The van der Waals surface area contributed by atoms with Crippen LogP contribution in [0.25, 0.3) is 0 Å². The van der Waals surface area contributed by atoms with Gasteiger partial charge in [-0.1, -0.05) is 24.4 Å². The lowest BCUT2D eigenvalue weighted by atomic mass is 10.4.